The Morgan fingerprint density at radius 2 is 2.40 bits per heavy atom. The van der Waals surface area contributed by atoms with Gasteiger partial charge in [-0.2, -0.15) is 0 Å². The van der Waals surface area contributed by atoms with E-state index in [1.807, 2.05) is 0 Å². The lowest BCUT2D eigenvalue weighted by molar-refractivity contribution is 0.0802. The van der Waals surface area contributed by atoms with Gasteiger partial charge < -0.3 is 4.74 Å². The molecule has 1 fully saturated rings. The van der Waals surface area contributed by atoms with E-state index in [1.165, 1.54) is 6.42 Å². The maximum absolute atomic E-state index is 5.64. The lowest BCUT2D eigenvalue weighted by Crippen LogP contribution is -2.15. The number of ether oxygens (including phenoxy) is 1. The molecular weight excluding hydrogens is 232 g/mol. The molecule has 1 aromatic rings. The van der Waals surface area contributed by atoms with Gasteiger partial charge in [-0.25, -0.2) is 0 Å². The topological polar surface area (TPSA) is 35.0 Å². The van der Waals surface area contributed by atoms with Crippen LogP contribution in [0.1, 0.15) is 35.2 Å². The van der Waals surface area contributed by atoms with Crippen molar-refractivity contribution in [3.8, 4) is 0 Å². The fraction of sp³-hybridized carbons (Fsp3) is 0.800. The third-order valence-corrected chi connectivity index (χ3v) is 3.93. The molecule has 0 bridgehead atoms. The van der Waals surface area contributed by atoms with Crippen LogP contribution < -0.4 is 0 Å². The zero-order valence-corrected chi connectivity index (χ0v) is 10.2. The summed E-state index contributed by atoms with van der Waals surface area (Å²) in [6, 6.07) is 0. The van der Waals surface area contributed by atoms with Gasteiger partial charge in [-0.3, -0.25) is 0 Å². The number of hydrogen-bond donors (Lipinski definition) is 0. The summed E-state index contributed by atoms with van der Waals surface area (Å²) >= 11 is 7.36. The Balaban J connectivity index is 1.93. The molecule has 0 radical (unpaired) electrons. The second kappa shape index (κ2) is 5.77. The molecule has 2 rings (SSSR count). The maximum atomic E-state index is 5.64. The minimum Gasteiger partial charge on any atom is -0.381 e. The van der Waals surface area contributed by atoms with E-state index in [0.29, 0.717) is 11.8 Å². The third-order valence-electron chi connectivity index (χ3n) is 2.52. The van der Waals surface area contributed by atoms with Crippen LogP contribution in [0.4, 0.5) is 0 Å². The van der Waals surface area contributed by atoms with Crippen LogP contribution in [0.3, 0.4) is 0 Å². The maximum Gasteiger partial charge on any atom is 0.122 e. The highest BCUT2D eigenvalue weighted by Gasteiger charge is 2.19. The molecule has 0 amide bonds. The summed E-state index contributed by atoms with van der Waals surface area (Å²) in [5.41, 5.74) is 0. The fourth-order valence-corrected chi connectivity index (χ4v) is 2.82. The summed E-state index contributed by atoms with van der Waals surface area (Å²) in [5, 5.41) is 10.7. The van der Waals surface area contributed by atoms with Crippen LogP contribution in [0.2, 0.25) is 0 Å². The van der Waals surface area contributed by atoms with Crippen LogP contribution in [0.15, 0.2) is 0 Å². The first-order valence-electron chi connectivity index (χ1n) is 5.36. The number of halogens is 1. The van der Waals surface area contributed by atoms with E-state index in [1.54, 1.807) is 11.3 Å². The summed E-state index contributed by atoms with van der Waals surface area (Å²) in [5.74, 6) is 1.17. The Kier molecular flexibility index (Phi) is 4.35. The van der Waals surface area contributed by atoms with Gasteiger partial charge in [0.15, 0.2) is 0 Å². The van der Waals surface area contributed by atoms with E-state index >= 15 is 0 Å². The average molecular weight is 247 g/mol. The number of hydrogen-bond acceptors (Lipinski definition) is 4. The highest BCUT2D eigenvalue weighted by molar-refractivity contribution is 7.11. The molecule has 1 saturated heterocycles. The summed E-state index contributed by atoms with van der Waals surface area (Å²) in [7, 11) is 0. The molecule has 3 nitrogen and oxygen atoms in total. The predicted octanol–water partition coefficient (Wildman–Crippen LogP) is 2.60. The lowest BCUT2D eigenvalue weighted by Gasteiger charge is -2.19. The third kappa shape index (κ3) is 3.13. The first-order chi connectivity index (χ1) is 7.40. The molecule has 1 aromatic heterocycles. The van der Waals surface area contributed by atoms with Crippen molar-refractivity contribution >= 4 is 22.9 Å². The first-order valence-corrected chi connectivity index (χ1v) is 6.71. The summed E-state index contributed by atoms with van der Waals surface area (Å²) in [6.07, 6.45) is 4.26. The normalized spacial score (nSPS) is 21.8. The molecule has 5 heteroatoms. The van der Waals surface area contributed by atoms with Crippen molar-refractivity contribution in [2.75, 3.05) is 19.1 Å². The molecule has 1 atom stereocenters. The van der Waals surface area contributed by atoms with Gasteiger partial charge in [0.2, 0.25) is 0 Å². The number of aryl methyl sites for hydroxylation is 1. The Hall–Kier alpha value is -0.190. The smallest absolute Gasteiger partial charge is 0.122 e. The molecule has 84 valence electrons. The van der Waals surface area contributed by atoms with E-state index in [2.05, 4.69) is 10.2 Å². The van der Waals surface area contributed by atoms with Crippen molar-refractivity contribution < 1.29 is 4.74 Å². The zero-order chi connectivity index (χ0) is 10.5. The molecule has 15 heavy (non-hydrogen) atoms. The Morgan fingerprint density at radius 1 is 1.47 bits per heavy atom. The summed E-state index contributed by atoms with van der Waals surface area (Å²) < 4.78 is 5.44. The molecule has 0 spiro atoms. The SMILES string of the molecule is ClCCCc1nnc(C2CCCOC2)s1. The standard InChI is InChI=1S/C10H15ClN2OS/c11-5-1-4-9-12-13-10(15-9)8-3-2-6-14-7-8/h8H,1-7H2. The van der Waals surface area contributed by atoms with Gasteiger partial charge in [0.25, 0.3) is 0 Å². The van der Waals surface area contributed by atoms with E-state index in [0.717, 1.165) is 42.5 Å². The molecule has 0 aromatic carbocycles. The highest BCUT2D eigenvalue weighted by atomic mass is 35.5. The van der Waals surface area contributed by atoms with Gasteiger partial charge in [0.1, 0.15) is 10.0 Å². The van der Waals surface area contributed by atoms with E-state index in [9.17, 15) is 0 Å². The van der Waals surface area contributed by atoms with E-state index in [-0.39, 0.29) is 0 Å². The van der Waals surface area contributed by atoms with Gasteiger partial charge in [-0.15, -0.1) is 33.1 Å². The number of aromatic nitrogens is 2. The molecule has 2 heterocycles. The second-order valence-corrected chi connectivity index (χ2v) is 5.21. The van der Waals surface area contributed by atoms with Crippen LogP contribution >= 0.6 is 22.9 Å². The zero-order valence-electron chi connectivity index (χ0n) is 8.62. The van der Waals surface area contributed by atoms with Crippen LogP contribution in [0.5, 0.6) is 0 Å². The quantitative estimate of drug-likeness (QED) is 0.766. The van der Waals surface area contributed by atoms with Crippen LogP contribution in [0.25, 0.3) is 0 Å². The lowest BCUT2D eigenvalue weighted by atomic mass is 10.0. The molecule has 0 N–H and O–H groups in total. The highest BCUT2D eigenvalue weighted by Crippen LogP contribution is 2.27. The minimum absolute atomic E-state index is 0.473. The monoisotopic (exact) mass is 246 g/mol. The molecular formula is C10H15ClN2OS. The number of nitrogens with zero attached hydrogens (tertiary/aromatic N) is 2. The summed E-state index contributed by atoms with van der Waals surface area (Å²) in [6.45, 7) is 1.71. The Labute approximate surface area is 98.8 Å². The van der Waals surface area contributed by atoms with Crippen molar-refractivity contribution in [3.05, 3.63) is 10.0 Å². The van der Waals surface area contributed by atoms with E-state index < -0.39 is 0 Å². The van der Waals surface area contributed by atoms with Crippen molar-refractivity contribution in [3.63, 3.8) is 0 Å². The Morgan fingerprint density at radius 3 is 3.13 bits per heavy atom. The first kappa shape index (κ1) is 11.3. The molecule has 1 aliphatic rings. The van der Waals surface area contributed by atoms with Gasteiger partial charge in [0.05, 0.1) is 6.61 Å². The minimum atomic E-state index is 0.473. The van der Waals surface area contributed by atoms with Crippen molar-refractivity contribution in [2.24, 2.45) is 0 Å². The van der Waals surface area contributed by atoms with Gasteiger partial charge in [0, 0.05) is 24.8 Å². The molecule has 0 saturated carbocycles. The predicted molar refractivity (Wildman–Crippen MR) is 61.7 cm³/mol. The molecule has 1 unspecified atom stereocenters. The van der Waals surface area contributed by atoms with Crippen LogP contribution in [0, 0.1) is 0 Å². The van der Waals surface area contributed by atoms with Crippen molar-refractivity contribution in [1.82, 2.24) is 10.2 Å². The van der Waals surface area contributed by atoms with Crippen molar-refractivity contribution in [1.29, 1.82) is 0 Å². The number of alkyl halides is 1. The largest absolute Gasteiger partial charge is 0.381 e. The Bertz CT molecular complexity index is 299. The average Bonchev–Trinajstić information content (AvgIpc) is 2.76. The molecule has 1 aliphatic heterocycles. The van der Waals surface area contributed by atoms with Gasteiger partial charge in [-0.05, 0) is 19.3 Å². The van der Waals surface area contributed by atoms with E-state index in [4.69, 9.17) is 16.3 Å². The van der Waals surface area contributed by atoms with Gasteiger partial charge >= 0.3 is 0 Å². The fourth-order valence-electron chi connectivity index (χ4n) is 1.69. The summed E-state index contributed by atoms with van der Waals surface area (Å²) in [4.78, 5) is 0. The second-order valence-electron chi connectivity index (χ2n) is 3.74. The van der Waals surface area contributed by atoms with Crippen LogP contribution in [-0.4, -0.2) is 29.3 Å². The van der Waals surface area contributed by atoms with Crippen molar-refractivity contribution in [2.45, 2.75) is 31.6 Å². The van der Waals surface area contributed by atoms with Gasteiger partial charge in [-0.1, -0.05) is 0 Å². The van der Waals surface area contributed by atoms with Crippen LogP contribution in [-0.2, 0) is 11.2 Å². The molecule has 0 aliphatic carbocycles. The number of rotatable bonds is 4.